The lowest BCUT2D eigenvalue weighted by Crippen LogP contribution is -2.41. The second-order valence-corrected chi connectivity index (χ2v) is 7.93. The summed E-state index contributed by atoms with van der Waals surface area (Å²) in [5.74, 6) is 3.41. The maximum atomic E-state index is 4.57. The summed E-state index contributed by atoms with van der Waals surface area (Å²) in [5.41, 5.74) is 0. The van der Waals surface area contributed by atoms with Crippen molar-refractivity contribution < 1.29 is 0 Å². The molecule has 1 saturated carbocycles. The largest absolute Gasteiger partial charge is 0.314 e. The first kappa shape index (κ1) is 15.6. The number of fused-ring (bicyclic) bond motifs is 1. The van der Waals surface area contributed by atoms with Gasteiger partial charge in [-0.05, 0) is 51.0 Å². The number of hydrogen-bond acceptors (Lipinski definition) is 3. The van der Waals surface area contributed by atoms with Gasteiger partial charge in [0, 0.05) is 19.0 Å². The molecule has 1 aromatic rings. The fourth-order valence-electron chi connectivity index (χ4n) is 5.11. The van der Waals surface area contributed by atoms with Crippen LogP contribution in [0.1, 0.15) is 82.3 Å². The standard InChI is InChI=1S/C19H32N4/c1-3-9-16(10-4-1)17-11-5-2-7-13-22(17)15-19-21-20-18-12-6-8-14-23(18)19/h16-17H,1-15H2. The molecule has 1 unspecified atom stereocenters. The predicted octanol–water partition coefficient (Wildman–Crippen LogP) is 3.94. The van der Waals surface area contributed by atoms with E-state index in [4.69, 9.17) is 0 Å². The Morgan fingerprint density at radius 1 is 0.783 bits per heavy atom. The van der Waals surface area contributed by atoms with E-state index >= 15 is 0 Å². The van der Waals surface area contributed by atoms with Crippen LogP contribution in [0.2, 0.25) is 0 Å². The Morgan fingerprint density at radius 3 is 2.48 bits per heavy atom. The Morgan fingerprint density at radius 2 is 1.57 bits per heavy atom. The number of aromatic nitrogens is 3. The number of aryl methyl sites for hydroxylation is 1. The van der Waals surface area contributed by atoms with E-state index in [9.17, 15) is 0 Å². The van der Waals surface area contributed by atoms with Crippen molar-refractivity contribution in [1.29, 1.82) is 0 Å². The quantitative estimate of drug-likeness (QED) is 0.847. The molecule has 0 bridgehead atoms. The van der Waals surface area contributed by atoms with Crippen molar-refractivity contribution in [2.45, 2.75) is 96.2 Å². The van der Waals surface area contributed by atoms with Crippen molar-refractivity contribution in [2.24, 2.45) is 5.92 Å². The Hall–Kier alpha value is -0.900. The molecule has 1 atom stereocenters. The molecule has 3 heterocycles. The van der Waals surface area contributed by atoms with Gasteiger partial charge in [0.1, 0.15) is 11.6 Å². The minimum absolute atomic E-state index is 0.800. The average molecular weight is 316 g/mol. The van der Waals surface area contributed by atoms with E-state index in [2.05, 4.69) is 19.7 Å². The first-order chi connectivity index (χ1) is 11.4. The van der Waals surface area contributed by atoms with E-state index in [1.54, 1.807) is 0 Å². The van der Waals surface area contributed by atoms with Crippen molar-refractivity contribution in [3.63, 3.8) is 0 Å². The van der Waals surface area contributed by atoms with Gasteiger partial charge in [0.05, 0.1) is 6.54 Å². The monoisotopic (exact) mass is 316 g/mol. The highest BCUT2D eigenvalue weighted by Gasteiger charge is 2.31. The van der Waals surface area contributed by atoms with Gasteiger partial charge >= 0.3 is 0 Å². The van der Waals surface area contributed by atoms with Gasteiger partial charge in [-0.2, -0.15) is 0 Å². The number of nitrogens with zero attached hydrogens (tertiary/aromatic N) is 4. The Kier molecular flexibility index (Phi) is 4.98. The zero-order valence-electron chi connectivity index (χ0n) is 14.6. The molecule has 2 aliphatic heterocycles. The van der Waals surface area contributed by atoms with E-state index in [1.807, 2.05) is 0 Å². The van der Waals surface area contributed by atoms with E-state index in [0.29, 0.717) is 0 Å². The molecule has 1 saturated heterocycles. The molecule has 0 aromatic carbocycles. The molecule has 1 aromatic heterocycles. The van der Waals surface area contributed by atoms with Gasteiger partial charge in [-0.3, -0.25) is 4.90 Å². The second kappa shape index (κ2) is 7.33. The summed E-state index contributed by atoms with van der Waals surface area (Å²) in [6.45, 7) is 3.44. The van der Waals surface area contributed by atoms with Crippen LogP contribution >= 0.6 is 0 Å². The molecule has 3 aliphatic rings. The van der Waals surface area contributed by atoms with Gasteiger partial charge in [0.2, 0.25) is 0 Å². The number of likely N-dealkylation sites (tertiary alicyclic amines) is 1. The highest BCUT2D eigenvalue weighted by molar-refractivity contribution is 5.00. The van der Waals surface area contributed by atoms with Crippen LogP contribution in [0.15, 0.2) is 0 Å². The molecule has 2 fully saturated rings. The molecule has 4 rings (SSSR count). The summed E-state index contributed by atoms with van der Waals surface area (Å²) >= 11 is 0. The van der Waals surface area contributed by atoms with E-state index in [1.165, 1.54) is 88.8 Å². The van der Waals surface area contributed by atoms with Crippen molar-refractivity contribution in [3.8, 4) is 0 Å². The zero-order chi connectivity index (χ0) is 15.5. The molecular formula is C19H32N4. The van der Waals surface area contributed by atoms with Crippen LogP contribution in [0.25, 0.3) is 0 Å². The molecule has 0 N–H and O–H groups in total. The minimum atomic E-state index is 0.800. The fourth-order valence-corrected chi connectivity index (χ4v) is 5.11. The Labute approximate surface area is 140 Å². The summed E-state index contributed by atoms with van der Waals surface area (Å²) in [6, 6.07) is 0.800. The third kappa shape index (κ3) is 3.47. The normalized spacial score (nSPS) is 27.6. The summed E-state index contributed by atoms with van der Waals surface area (Å²) in [6.07, 6.45) is 16.6. The lowest BCUT2D eigenvalue weighted by molar-refractivity contribution is 0.107. The van der Waals surface area contributed by atoms with E-state index in [0.717, 1.165) is 31.5 Å². The highest BCUT2D eigenvalue weighted by atomic mass is 15.3. The van der Waals surface area contributed by atoms with Crippen LogP contribution < -0.4 is 0 Å². The molecule has 0 spiro atoms. The Balaban J connectivity index is 1.50. The van der Waals surface area contributed by atoms with Gasteiger partial charge in [-0.1, -0.05) is 32.1 Å². The second-order valence-electron chi connectivity index (χ2n) is 7.93. The van der Waals surface area contributed by atoms with Crippen LogP contribution in [0.4, 0.5) is 0 Å². The molecule has 1 aliphatic carbocycles. The number of rotatable bonds is 3. The molecule has 4 heteroatoms. The smallest absolute Gasteiger partial charge is 0.147 e. The van der Waals surface area contributed by atoms with Crippen LogP contribution in [0.3, 0.4) is 0 Å². The van der Waals surface area contributed by atoms with Gasteiger partial charge in [0.15, 0.2) is 0 Å². The van der Waals surface area contributed by atoms with Crippen molar-refractivity contribution in [3.05, 3.63) is 11.6 Å². The molecular weight excluding hydrogens is 284 g/mol. The average Bonchev–Trinajstić information content (AvgIpc) is 2.86. The lowest BCUT2D eigenvalue weighted by atomic mass is 9.81. The van der Waals surface area contributed by atoms with Crippen molar-refractivity contribution >= 4 is 0 Å². The lowest BCUT2D eigenvalue weighted by Gasteiger charge is -2.37. The molecule has 128 valence electrons. The van der Waals surface area contributed by atoms with Gasteiger partial charge < -0.3 is 4.57 Å². The molecule has 23 heavy (non-hydrogen) atoms. The summed E-state index contributed by atoms with van der Waals surface area (Å²) in [4.78, 5) is 2.79. The predicted molar refractivity (Wildman–Crippen MR) is 92.2 cm³/mol. The summed E-state index contributed by atoms with van der Waals surface area (Å²) in [5, 5.41) is 9.04. The topological polar surface area (TPSA) is 34.0 Å². The molecule has 0 radical (unpaired) electrons. The zero-order valence-corrected chi connectivity index (χ0v) is 14.6. The van der Waals surface area contributed by atoms with Gasteiger partial charge in [-0.25, -0.2) is 0 Å². The van der Waals surface area contributed by atoms with E-state index in [-0.39, 0.29) is 0 Å². The summed E-state index contributed by atoms with van der Waals surface area (Å²) < 4.78 is 2.42. The molecule has 0 amide bonds. The Bertz CT molecular complexity index is 503. The minimum Gasteiger partial charge on any atom is -0.314 e. The van der Waals surface area contributed by atoms with Crippen molar-refractivity contribution in [1.82, 2.24) is 19.7 Å². The summed E-state index contributed by atoms with van der Waals surface area (Å²) in [7, 11) is 0. The number of hydrogen-bond donors (Lipinski definition) is 0. The first-order valence-electron chi connectivity index (χ1n) is 10.1. The van der Waals surface area contributed by atoms with Gasteiger partial charge in [-0.15, -0.1) is 10.2 Å². The van der Waals surface area contributed by atoms with Gasteiger partial charge in [0.25, 0.3) is 0 Å². The van der Waals surface area contributed by atoms with Crippen molar-refractivity contribution in [2.75, 3.05) is 6.54 Å². The van der Waals surface area contributed by atoms with Crippen LogP contribution in [0.5, 0.6) is 0 Å². The SMILES string of the molecule is C1CCC(C2CCCCCN2Cc2nnc3n2CCCC3)CC1. The van der Waals surface area contributed by atoms with E-state index < -0.39 is 0 Å². The maximum Gasteiger partial charge on any atom is 0.147 e. The van der Waals surface area contributed by atoms with Crippen LogP contribution in [-0.4, -0.2) is 32.3 Å². The highest BCUT2D eigenvalue weighted by Crippen LogP contribution is 2.34. The fraction of sp³-hybridized carbons (Fsp3) is 0.895. The third-order valence-electron chi connectivity index (χ3n) is 6.39. The van der Waals surface area contributed by atoms with Crippen LogP contribution in [0, 0.1) is 5.92 Å². The molecule has 4 nitrogen and oxygen atoms in total. The maximum absolute atomic E-state index is 4.57. The first-order valence-corrected chi connectivity index (χ1v) is 10.1. The van der Waals surface area contributed by atoms with Crippen LogP contribution in [-0.2, 0) is 19.5 Å². The third-order valence-corrected chi connectivity index (χ3v) is 6.39.